The molecule has 1 heterocycles. The Balaban J connectivity index is 2.14. The molecule has 0 aliphatic carbocycles. The fraction of sp³-hybridized carbons (Fsp3) is 0.211. The minimum absolute atomic E-state index is 0.0475. The van der Waals surface area contributed by atoms with Gasteiger partial charge < -0.3 is 13.3 Å². The van der Waals surface area contributed by atoms with Gasteiger partial charge >= 0.3 is 15.7 Å². The lowest BCUT2D eigenvalue weighted by molar-refractivity contribution is 0.390. The molecule has 3 aromatic rings. The molecule has 0 aliphatic rings. The van der Waals surface area contributed by atoms with Crippen molar-refractivity contribution in [3.05, 3.63) is 63.5 Å². The van der Waals surface area contributed by atoms with Crippen molar-refractivity contribution in [1.82, 2.24) is 0 Å². The normalized spacial score (nSPS) is 11.5. The SMILES string of the molecule is COc1cc2ccc(=O)oc2cc1OS(=O)(=O)c1c(C)cc(C)cc1C. The van der Waals surface area contributed by atoms with Gasteiger partial charge in [-0.1, -0.05) is 17.7 Å². The average Bonchev–Trinajstić information content (AvgIpc) is 2.52. The van der Waals surface area contributed by atoms with Gasteiger partial charge in [-0.25, -0.2) is 4.79 Å². The quantitative estimate of drug-likeness (QED) is 0.513. The highest BCUT2D eigenvalue weighted by molar-refractivity contribution is 7.87. The van der Waals surface area contributed by atoms with Crippen LogP contribution >= 0.6 is 0 Å². The van der Waals surface area contributed by atoms with Gasteiger partial charge in [0.15, 0.2) is 11.5 Å². The molecule has 0 aliphatic heterocycles. The third-order valence-corrected chi connectivity index (χ3v) is 5.50. The first-order valence-electron chi connectivity index (χ1n) is 7.85. The number of hydrogen-bond acceptors (Lipinski definition) is 6. The lowest BCUT2D eigenvalue weighted by Gasteiger charge is -2.15. The van der Waals surface area contributed by atoms with Crippen LogP contribution in [-0.2, 0) is 10.1 Å². The largest absolute Gasteiger partial charge is 0.493 e. The van der Waals surface area contributed by atoms with Gasteiger partial charge in [-0.15, -0.1) is 0 Å². The zero-order valence-electron chi connectivity index (χ0n) is 14.8. The standard InChI is InChI=1S/C19H18O6S/c1-11-7-12(2)19(13(3)8-11)26(21,22)25-17-10-15-14(9-16(17)23-4)5-6-18(20)24-15/h5-10H,1-4H3. The second-order valence-corrected chi connectivity index (χ2v) is 7.54. The second-order valence-electron chi connectivity index (χ2n) is 6.06. The summed E-state index contributed by atoms with van der Waals surface area (Å²) in [7, 11) is -2.70. The van der Waals surface area contributed by atoms with E-state index < -0.39 is 15.7 Å². The summed E-state index contributed by atoms with van der Waals surface area (Å²) in [6.07, 6.45) is 0. The number of fused-ring (bicyclic) bond motifs is 1. The first-order valence-corrected chi connectivity index (χ1v) is 9.26. The number of methoxy groups -OCH3 is 1. The minimum Gasteiger partial charge on any atom is -0.493 e. The first kappa shape index (κ1) is 18.0. The van der Waals surface area contributed by atoms with E-state index in [1.165, 1.54) is 19.2 Å². The van der Waals surface area contributed by atoms with E-state index in [4.69, 9.17) is 13.3 Å². The summed E-state index contributed by atoms with van der Waals surface area (Å²) < 4.78 is 41.4. The highest BCUT2D eigenvalue weighted by Gasteiger charge is 2.24. The van der Waals surface area contributed by atoms with Crippen molar-refractivity contribution in [1.29, 1.82) is 0 Å². The molecule has 0 saturated heterocycles. The van der Waals surface area contributed by atoms with Crippen molar-refractivity contribution in [2.24, 2.45) is 0 Å². The molecule has 0 unspecified atom stereocenters. The van der Waals surface area contributed by atoms with E-state index in [0.29, 0.717) is 16.5 Å². The number of rotatable bonds is 4. The van der Waals surface area contributed by atoms with Gasteiger partial charge in [0, 0.05) is 17.5 Å². The van der Waals surface area contributed by atoms with Gasteiger partial charge in [-0.05, 0) is 44.0 Å². The lowest BCUT2D eigenvalue weighted by atomic mass is 10.1. The van der Waals surface area contributed by atoms with E-state index in [1.807, 2.05) is 6.92 Å². The summed E-state index contributed by atoms with van der Waals surface area (Å²) in [5.41, 5.74) is 1.81. The summed E-state index contributed by atoms with van der Waals surface area (Å²) >= 11 is 0. The Morgan fingerprint density at radius 2 is 1.58 bits per heavy atom. The molecule has 0 bridgehead atoms. The predicted molar refractivity (Wildman–Crippen MR) is 97.5 cm³/mol. The smallest absolute Gasteiger partial charge is 0.339 e. The zero-order valence-corrected chi connectivity index (χ0v) is 15.6. The molecule has 0 N–H and O–H groups in total. The molecule has 2 aromatic carbocycles. The molecule has 26 heavy (non-hydrogen) atoms. The maximum atomic E-state index is 12.9. The van der Waals surface area contributed by atoms with Crippen molar-refractivity contribution < 1.29 is 21.8 Å². The van der Waals surface area contributed by atoms with Crippen molar-refractivity contribution in [2.75, 3.05) is 7.11 Å². The van der Waals surface area contributed by atoms with E-state index in [1.54, 1.807) is 38.1 Å². The predicted octanol–water partition coefficient (Wildman–Crippen LogP) is 3.49. The highest BCUT2D eigenvalue weighted by Crippen LogP contribution is 2.35. The van der Waals surface area contributed by atoms with Gasteiger partial charge in [0.2, 0.25) is 0 Å². The maximum Gasteiger partial charge on any atom is 0.339 e. The van der Waals surface area contributed by atoms with Crippen LogP contribution < -0.4 is 14.5 Å². The van der Waals surface area contributed by atoms with Crippen LogP contribution in [0.2, 0.25) is 0 Å². The fourth-order valence-electron chi connectivity index (χ4n) is 3.02. The van der Waals surface area contributed by atoms with E-state index in [9.17, 15) is 13.2 Å². The third-order valence-electron chi connectivity index (χ3n) is 3.96. The van der Waals surface area contributed by atoms with Gasteiger partial charge in [0.25, 0.3) is 0 Å². The van der Waals surface area contributed by atoms with Crippen LogP contribution in [0.15, 0.2) is 50.5 Å². The Morgan fingerprint density at radius 3 is 2.19 bits per heavy atom. The topological polar surface area (TPSA) is 82.8 Å². The third kappa shape index (κ3) is 3.30. The van der Waals surface area contributed by atoms with Crippen LogP contribution in [0.3, 0.4) is 0 Å². The number of ether oxygens (including phenoxy) is 1. The van der Waals surface area contributed by atoms with Crippen molar-refractivity contribution in [3.8, 4) is 11.5 Å². The molecule has 136 valence electrons. The molecular formula is C19H18O6S. The molecule has 0 fully saturated rings. The molecule has 0 radical (unpaired) electrons. The van der Waals surface area contributed by atoms with Gasteiger partial charge in [0.05, 0.1) is 7.11 Å². The summed E-state index contributed by atoms with van der Waals surface area (Å²) in [6, 6.07) is 9.29. The Labute approximate surface area is 151 Å². The van der Waals surface area contributed by atoms with E-state index >= 15 is 0 Å². The monoisotopic (exact) mass is 374 g/mol. The molecule has 3 rings (SSSR count). The number of aryl methyl sites for hydroxylation is 3. The number of hydrogen-bond donors (Lipinski definition) is 0. The fourth-order valence-corrected chi connectivity index (χ4v) is 4.38. The van der Waals surface area contributed by atoms with Crippen LogP contribution in [0, 0.1) is 20.8 Å². The van der Waals surface area contributed by atoms with Crippen LogP contribution in [0.4, 0.5) is 0 Å². The molecule has 0 saturated carbocycles. The molecule has 7 heteroatoms. The average molecular weight is 374 g/mol. The molecule has 6 nitrogen and oxygen atoms in total. The van der Waals surface area contributed by atoms with Crippen molar-refractivity contribution in [2.45, 2.75) is 25.7 Å². The Kier molecular flexibility index (Phi) is 4.50. The molecule has 0 amide bonds. The van der Waals surface area contributed by atoms with Crippen LogP contribution in [0.5, 0.6) is 11.5 Å². The maximum absolute atomic E-state index is 12.9. The molecular weight excluding hydrogens is 356 g/mol. The summed E-state index contributed by atoms with van der Waals surface area (Å²) in [4.78, 5) is 11.5. The number of benzene rings is 2. The molecule has 0 atom stereocenters. The van der Waals surface area contributed by atoms with E-state index in [0.717, 1.165) is 5.56 Å². The summed E-state index contributed by atoms with van der Waals surface area (Å²) in [6.45, 7) is 5.32. The zero-order chi connectivity index (χ0) is 19.1. The Hall–Kier alpha value is -2.80. The minimum atomic E-state index is -4.10. The summed E-state index contributed by atoms with van der Waals surface area (Å²) in [5, 5.41) is 0.592. The molecule has 1 aromatic heterocycles. The van der Waals surface area contributed by atoms with Crippen molar-refractivity contribution in [3.63, 3.8) is 0 Å². The van der Waals surface area contributed by atoms with Gasteiger partial charge in [-0.2, -0.15) is 8.42 Å². The first-order chi connectivity index (χ1) is 12.2. The summed E-state index contributed by atoms with van der Waals surface area (Å²) in [5.74, 6) is 0.172. The highest BCUT2D eigenvalue weighted by atomic mass is 32.2. The second kappa shape index (κ2) is 6.49. The van der Waals surface area contributed by atoms with E-state index in [-0.39, 0.29) is 22.0 Å². The van der Waals surface area contributed by atoms with Crippen LogP contribution in [0.1, 0.15) is 16.7 Å². The van der Waals surface area contributed by atoms with Crippen LogP contribution in [-0.4, -0.2) is 15.5 Å². The van der Waals surface area contributed by atoms with Crippen LogP contribution in [0.25, 0.3) is 11.0 Å². The van der Waals surface area contributed by atoms with Gasteiger partial charge in [0.1, 0.15) is 10.5 Å². The Bertz CT molecular complexity index is 1140. The molecule has 0 spiro atoms. The van der Waals surface area contributed by atoms with E-state index in [2.05, 4.69) is 0 Å². The Morgan fingerprint density at radius 1 is 0.923 bits per heavy atom. The lowest BCUT2D eigenvalue weighted by Crippen LogP contribution is -2.14. The van der Waals surface area contributed by atoms with Gasteiger partial charge in [-0.3, -0.25) is 0 Å². The van der Waals surface area contributed by atoms with Crippen molar-refractivity contribution >= 4 is 21.1 Å².